The van der Waals surface area contributed by atoms with Gasteiger partial charge in [0.15, 0.2) is 5.82 Å². The van der Waals surface area contributed by atoms with Crippen molar-refractivity contribution >= 4 is 11.7 Å². The fourth-order valence-corrected chi connectivity index (χ4v) is 2.47. The van der Waals surface area contributed by atoms with Gasteiger partial charge in [-0.2, -0.15) is 5.10 Å². The minimum absolute atomic E-state index is 0.0317. The Kier molecular flexibility index (Phi) is 4.01. The molecule has 18 heavy (non-hydrogen) atoms. The smallest absolute Gasteiger partial charge is 0.233 e. The summed E-state index contributed by atoms with van der Waals surface area (Å²) in [4.78, 5) is 14.1. The largest absolute Gasteiger partial charge is 0.377 e. The Bertz CT molecular complexity index is 416. The second-order valence-corrected chi connectivity index (χ2v) is 4.81. The van der Waals surface area contributed by atoms with Gasteiger partial charge in [-0.3, -0.25) is 14.4 Å². The van der Waals surface area contributed by atoms with E-state index in [0.29, 0.717) is 5.82 Å². The Labute approximate surface area is 108 Å². The van der Waals surface area contributed by atoms with Gasteiger partial charge in [-0.15, -0.1) is 0 Å². The first-order valence-electron chi connectivity index (χ1n) is 6.52. The van der Waals surface area contributed by atoms with Gasteiger partial charge in [0, 0.05) is 33.0 Å². The molecule has 2 atom stereocenters. The van der Waals surface area contributed by atoms with Crippen molar-refractivity contribution in [2.75, 3.05) is 18.6 Å². The van der Waals surface area contributed by atoms with Crippen LogP contribution in [0.2, 0.25) is 0 Å². The van der Waals surface area contributed by atoms with Crippen LogP contribution in [0.1, 0.15) is 26.2 Å². The molecule has 1 aliphatic rings. The molecule has 2 heterocycles. The van der Waals surface area contributed by atoms with Gasteiger partial charge in [-0.1, -0.05) is 6.92 Å². The highest BCUT2D eigenvalue weighted by atomic mass is 16.5. The van der Waals surface area contributed by atoms with Crippen LogP contribution in [-0.4, -0.2) is 35.4 Å². The van der Waals surface area contributed by atoms with Crippen LogP contribution in [0.3, 0.4) is 0 Å². The fraction of sp³-hybridized carbons (Fsp3) is 0.692. The molecule has 5 nitrogen and oxygen atoms in total. The van der Waals surface area contributed by atoms with Gasteiger partial charge in [-0.05, 0) is 19.3 Å². The zero-order valence-corrected chi connectivity index (χ0v) is 11.3. The summed E-state index contributed by atoms with van der Waals surface area (Å²) in [6, 6.07) is 1.85. The molecular formula is C13H21N3O2. The lowest BCUT2D eigenvalue weighted by molar-refractivity contribution is -0.131. The molecule has 0 radical (unpaired) electrons. The maximum Gasteiger partial charge on any atom is 0.233 e. The molecule has 2 unspecified atom stereocenters. The van der Waals surface area contributed by atoms with Crippen molar-refractivity contribution < 1.29 is 9.53 Å². The summed E-state index contributed by atoms with van der Waals surface area (Å²) in [5, 5.41) is 4.26. The number of ether oxygens (including phenoxy) is 1. The predicted molar refractivity (Wildman–Crippen MR) is 69.4 cm³/mol. The van der Waals surface area contributed by atoms with Crippen molar-refractivity contribution in [1.82, 2.24) is 9.78 Å². The Balaban J connectivity index is 2.09. The molecule has 2 rings (SSSR count). The Morgan fingerprint density at radius 1 is 1.67 bits per heavy atom. The number of nitrogens with zero attached hydrogens (tertiary/aromatic N) is 3. The molecule has 1 aromatic heterocycles. The van der Waals surface area contributed by atoms with E-state index in [-0.39, 0.29) is 17.9 Å². The lowest BCUT2D eigenvalue weighted by Gasteiger charge is -2.32. The third-order valence-corrected chi connectivity index (χ3v) is 3.53. The van der Waals surface area contributed by atoms with Crippen LogP contribution in [-0.2, 0) is 16.6 Å². The van der Waals surface area contributed by atoms with Crippen LogP contribution in [0.15, 0.2) is 12.3 Å². The van der Waals surface area contributed by atoms with E-state index in [1.165, 1.54) is 0 Å². The van der Waals surface area contributed by atoms with E-state index in [1.54, 1.807) is 16.6 Å². The number of hydrogen-bond acceptors (Lipinski definition) is 3. The van der Waals surface area contributed by atoms with E-state index in [4.69, 9.17) is 4.74 Å². The third-order valence-electron chi connectivity index (χ3n) is 3.53. The molecule has 1 aromatic rings. The van der Waals surface area contributed by atoms with Crippen molar-refractivity contribution in [2.45, 2.75) is 32.3 Å². The Hall–Kier alpha value is -1.36. The lowest BCUT2D eigenvalue weighted by atomic mass is 9.91. The molecule has 0 spiro atoms. The fourth-order valence-electron chi connectivity index (χ4n) is 2.47. The summed E-state index contributed by atoms with van der Waals surface area (Å²) in [5.41, 5.74) is 0. The zero-order chi connectivity index (χ0) is 13.1. The van der Waals surface area contributed by atoms with E-state index in [0.717, 1.165) is 25.9 Å². The van der Waals surface area contributed by atoms with Gasteiger partial charge < -0.3 is 4.74 Å². The second-order valence-electron chi connectivity index (χ2n) is 4.81. The van der Waals surface area contributed by atoms with E-state index in [1.807, 2.05) is 19.3 Å². The normalized spacial score (nSPS) is 23.9. The minimum Gasteiger partial charge on any atom is -0.377 e. The second kappa shape index (κ2) is 5.52. The van der Waals surface area contributed by atoms with Gasteiger partial charge in [0.2, 0.25) is 5.91 Å². The maximum atomic E-state index is 12.5. The number of anilines is 1. The highest BCUT2D eigenvalue weighted by molar-refractivity contribution is 5.94. The van der Waals surface area contributed by atoms with Gasteiger partial charge in [-0.25, -0.2) is 0 Å². The topological polar surface area (TPSA) is 47.4 Å². The molecule has 0 saturated carbocycles. The standard InChI is InChI=1S/C13H21N3O2/c1-4-11-10(6-5-9-18-11)13(17)16(3)12-7-8-15(2)14-12/h7-8,10-11H,4-6,9H2,1-3H3. The average Bonchev–Trinajstić information content (AvgIpc) is 2.83. The van der Waals surface area contributed by atoms with Gasteiger partial charge in [0.05, 0.1) is 12.0 Å². The molecular weight excluding hydrogens is 230 g/mol. The van der Waals surface area contributed by atoms with Crippen molar-refractivity contribution in [3.63, 3.8) is 0 Å². The molecule has 0 aromatic carbocycles. The minimum atomic E-state index is -0.0317. The molecule has 1 aliphatic heterocycles. The van der Waals surface area contributed by atoms with Crippen molar-refractivity contribution in [2.24, 2.45) is 13.0 Å². The van der Waals surface area contributed by atoms with E-state index >= 15 is 0 Å². The van der Waals surface area contributed by atoms with Crippen molar-refractivity contribution in [3.05, 3.63) is 12.3 Å². The van der Waals surface area contributed by atoms with Crippen LogP contribution >= 0.6 is 0 Å². The Morgan fingerprint density at radius 2 is 2.44 bits per heavy atom. The monoisotopic (exact) mass is 251 g/mol. The summed E-state index contributed by atoms with van der Waals surface area (Å²) < 4.78 is 7.38. The first-order valence-corrected chi connectivity index (χ1v) is 6.52. The number of hydrogen-bond donors (Lipinski definition) is 0. The number of aryl methyl sites for hydroxylation is 1. The summed E-state index contributed by atoms with van der Waals surface area (Å²) in [5.74, 6) is 0.777. The van der Waals surface area contributed by atoms with Crippen LogP contribution in [0, 0.1) is 5.92 Å². The molecule has 0 aliphatic carbocycles. The molecule has 1 fully saturated rings. The van der Waals surface area contributed by atoms with Crippen LogP contribution in [0.25, 0.3) is 0 Å². The van der Waals surface area contributed by atoms with Gasteiger partial charge in [0.1, 0.15) is 0 Å². The number of aromatic nitrogens is 2. The van der Waals surface area contributed by atoms with E-state index in [2.05, 4.69) is 12.0 Å². The first kappa shape index (κ1) is 13.1. The maximum absolute atomic E-state index is 12.5. The quantitative estimate of drug-likeness (QED) is 0.819. The van der Waals surface area contributed by atoms with Gasteiger partial charge in [0.25, 0.3) is 0 Å². The van der Waals surface area contributed by atoms with Crippen molar-refractivity contribution in [3.8, 4) is 0 Å². The van der Waals surface area contributed by atoms with E-state index in [9.17, 15) is 4.79 Å². The number of amides is 1. The first-order chi connectivity index (χ1) is 8.63. The predicted octanol–water partition coefficient (Wildman–Crippen LogP) is 1.59. The molecule has 100 valence electrons. The van der Waals surface area contributed by atoms with Crippen LogP contribution in [0.4, 0.5) is 5.82 Å². The molecule has 1 saturated heterocycles. The Morgan fingerprint density at radius 3 is 3.06 bits per heavy atom. The summed E-state index contributed by atoms with van der Waals surface area (Å²) in [6.07, 6.45) is 4.65. The SMILES string of the molecule is CCC1OCCCC1C(=O)N(C)c1ccn(C)n1. The molecule has 0 bridgehead atoms. The summed E-state index contributed by atoms with van der Waals surface area (Å²) in [6.45, 7) is 2.84. The summed E-state index contributed by atoms with van der Waals surface area (Å²) >= 11 is 0. The molecule has 5 heteroatoms. The molecule has 0 N–H and O–H groups in total. The number of carbonyl (C=O) groups is 1. The summed E-state index contributed by atoms with van der Waals surface area (Å²) in [7, 11) is 3.63. The average molecular weight is 251 g/mol. The highest BCUT2D eigenvalue weighted by Crippen LogP contribution is 2.26. The van der Waals surface area contributed by atoms with Crippen LogP contribution < -0.4 is 4.90 Å². The highest BCUT2D eigenvalue weighted by Gasteiger charge is 2.33. The number of carbonyl (C=O) groups excluding carboxylic acids is 1. The van der Waals surface area contributed by atoms with E-state index < -0.39 is 0 Å². The van der Waals surface area contributed by atoms with Crippen molar-refractivity contribution in [1.29, 1.82) is 0 Å². The number of rotatable bonds is 3. The van der Waals surface area contributed by atoms with Crippen LogP contribution in [0.5, 0.6) is 0 Å². The van der Waals surface area contributed by atoms with Gasteiger partial charge >= 0.3 is 0 Å². The third kappa shape index (κ3) is 2.56. The molecule has 1 amide bonds. The zero-order valence-electron chi connectivity index (χ0n) is 11.3. The lowest BCUT2D eigenvalue weighted by Crippen LogP contribution is -2.42.